The zero-order chi connectivity index (χ0) is 19.9. The predicted octanol–water partition coefficient (Wildman–Crippen LogP) is 2.75. The molecule has 0 bridgehead atoms. The zero-order valence-electron chi connectivity index (χ0n) is 16.0. The number of hydrogen-bond acceptors (Lipinski definition) is 5. The second-order valence-electron chi connectivity index (χ2n) is 6.11. The van der Waals surface area contributed by atoms with Gasteiger partial charge in [0.1, 0.15) is 5.82 Å². The van der Waals surface area contributed by atoms with Crippen molar-refractivity contribution in [3.05, 3.63) is 64.7 Å². The van der Waals surface area contributed by atoms with Crippen molar-refractivity contribution in [2.24, 2.45) is 0 Å². The number of carbonyl (C=O) groups is 1. The van der Waals surface area contributed by atoms with E-state index in [9.17, 15) is 9.59 Å². The minimum Gasteiger partial charge on any atom is -0.490 e. The van der Waals surface area contributed by atoms with E-state index in [2.05, 4.69) is 9.97 Å². The summed E-state index contributed by atoms with van der Waals surface area (Å²) >= 11 is 0. The second kappa shape index (κ2) is 9.03. The maximum absolute atomic E-state index is 12.6. The van der Waals surface area contributed by atoms with Crippen molar-refractivity contribution < 1.29 is 14.3 Å². The summed E-state index contributed by atoms with van der Waals surface area (Å²) < 4.78 is 11.2. The molecule has 0 aliphatic carbocycles. The Morgan fingerprint density at radius 2 is 1.71 bits per heavy atom. The molecule has 0 atom stereocenters. The molecule has 1 amide bonds. The quantitative estimate of drug-likeness (QED) is 0.649. The third-order valence-corrected chi connectivity index (χ3v) is 4.24. The van der Waals surface area contributed by atoms with Gasteiger partial charge < -0.3 is 19.4 Å². The van der Waals surface area contributed by atoms with E-state index in [0.717, 1.165) is 0 Å². The highest BCUT2D eigenvalue weighted by molar-refractivity contribution is 5.78. The Kier molecular flexibility index (Phi) is 6.26. The molecule has 0 aliphatic rings. The predicted molar refractivity (Wildman–Crippen MR) is 107 cm³/mol. The Balaban J connectivity index is 1.70. The number of benzene rings is 2. The molecule has 7 heteroatoms. The van der Waals surface area contributed by atoms with Gasteiger partial charge in [0.25, 0.3) is 11.5 Å². The molecule has 3 rings (SSSR count). The van der Waals surface area contributed by atoms with Gasteiger partial charge in [-0.2, -0.15) is 0 Å². The van der Waals surface area contributed by atoms with Crippen LogP contribution >= 0.6 is 0 Å². The summed E-state index contributed by atoms with van der Waals surface area (Å²) in [5, 5.41) is 0.525. The molecule has 0 saturated carbocycles. The van der Waals surface area contributed by atoms with E-state index in [1.165, 1.54) is 0 Å². The maximum Gasteiger partial charge on any atom is 0.260 e. The summed E-state index contributed by atoms with van der Waals surface area (Å²) in [5.74, 6) is 1.35. The molecule has 2 aromatic carbocycles. The Hall–Kier alpha value is -3.35. The van der Waals surface area contributed by atoms with E-state index < -0.39 is 0 Å². The van der Waals surface area contributed by atoms with Crippen molar-refractivity contribution in [2.45, 2.75) is 20.4 Å². The van der Waals surface area contributed by atoms with Gasteiger partial charge in [0.05, 0.1) is 24.1 Å². The first kappa shape index (κ1) is 19.4. The number of aromatic nitrogens is 2. The van der Waals surface area contributed by atoms with Gasteiger partial charge >= 0.3 is 0 Å². The average Bonchev–Trinajstić information content (AvgIpc) is 2.71. The standard InChI is InChI=1S/C21H23N3O4/c1-3-24(13-19-22-16-10-6-5-9-15(16)21(26)23-19)20(25)14-28-18-12-8-7-11-17(18)27-4-2/h5-12H,3-4,13-14H2,1-2H3,(H,22,23,26). The Labute approximate surface area is 162 Å². The van der Waals surface area contributed by atoms with Crippen LogP contribution in [0.25, 0.3) is 10.9 Å². The van der Waals surface area contributed by atoms with Gasteiger partial charge in [-0.25, -0.2) is 4.98 Å². The maximum atomic E-state index is 12.6. The number of hydrogen-bond donors (Lipinski definition) is 1. The Morgan fingerprint density at radius 3 is 2.43 bits per heavy atom. The lowest BCUT2D eigenvalue weighted by Gasteiger charge is -2.21. The number of para-hydroxylation sites is 3. The van der Waals surface area contributed by atoms with Gasteiger partial charge in [0.2, 0.25) is 0 Å². The van der Waals surface area contributed by atoms with Crippen molar-refractivity contribution in [3.63, 3.8) is 0 Å². The molecule has 0 unspecified atom stereocenters. The van der Waals surface area contributed by atoms with Crippen molar-refractivity contribution in [2.75, 3.05) is 19.8 Å². The fraction of sp³-hybridized carbons (Fsp3) is 0.286. The van der Waals surface area contributed by atoms with Crippen molar-refractivity contribution in [3.8, 4) is 11.5 Å². The minimum atomic E-state index is -0.217. The summed E-state index contributed by atoms with van der Waals surface area (Å²) in [6.45, 7) is 4.80. The number of rotatable bonds is 8. The number of carbonyl (C=O) groups excluding carboxylic acids is 1. The number of amides is 1. The molecule has 1 aromatic heterocycles. The van der Waals surface area contributed by atoms with Crippen LogP contribution in [0.3, 0.4) is 0 Å². The molecular weight excluding hydrogens is 358 g/mol. The summed E-state index contributed by atoms with van der Waals surface area (Å²) in [4.78, 5) is 33.6. The lowest BCUT2D eigenvalue weighted by atomic mass is 10.2. The van der Waals surface area contributed by atoms with Crippen LogP contribution in [0.1, 0.15) is 19.7 Å². The fourth-order valence-electron chi connectivity index (χ4n) is 2.84. The van der Waals surface area contributed by atoms with Crippen molar-refractivity contribution >= 4 is 16.8 Å². The van der Waals surface area contributed by atoms with E-state index in [4.69, 9.17) is 9.47 Å². The van der Waals surface area contributed by atoms with Crippen LogP contribution < -0.4 is 15.0 Å². The van der Waals surface area contributed by atoms with E-state index in [-0.39, 0.29) is 24.6 Å². The first-order valence-electron chi connectivity index (χ1n) is 9.22. The highest BCUT2D eigenvalue weighted by atomic mass is 16.5. The molecule has 1 heterocycles. The lowest BCUT2D eigenvalue weighted by Crippen LogP contribution is -2.35. The minimum absolute atomic E-state index is 0.129. The van der Waals surface area contributed by atoms with Gasteiger partial charge in [-0.05, 0) is 38.1 Å². The third kappa shape index (κ3) is 4.49. The Morgan fingerprint density at radius 1 is 1.04 bits per heavy atom. The number of nitrogens with zero attached hydrogens (tertiary/aromatic N) is 2. The van der Waals surface area contributed by atoms with Gasteiger partial charge in [-0.1, -0.05) is 24.3 Å². The first-order chi connectivity index (χ1) is 13.6. The lowest BCUT2D eigenvalue weighted by molar-refractivity contribution is -0.133. The van der Waals surface area contributed by atoms with E-state index in [1.807, 2.05) is 32.0 Å². The fourth-order valence-corrected chi connectivity index (χ4v) is 2.84. The van der Waals surface area contributed by atoms with Crippen molar-refractivity contribution in [1.82, 2.24) is 14.9 Å². The van der Waals surface area contributed by atoms with Crippen LogP contribution in [0.2, 0.25) is 0 Å². The summed E-state index contributed by atoms with van der Waals surface area (Å²) in [7, 11) is 0. The smallest absolute Gasteiger partial charge is 0.260 e. The van der Waals surface area contributed by atoms with Gasteiger partial charge in [0.15, 0.2) is 18.1 Å². The number of likely N-dealkylation sites (N-methyl/N-ethyl adjacent to an activating group) is 1. The molecule has 3 aromatic rings. The molecule has 0 aliphatic heterocycles. The van der Waals surface area contributed by atoms with Gasteiger partial charge in [-0.15, -0.1) is 0 Å². The molecule has 0 fully saturated rings. The summed E-state index contributed by atoms with van der Waals surface area (Å²) in [6.07, 6.45) is 0. The number of nitrogens with one attached hydrogen (secondary N) is 1. The first-order valence-corrected chi connectivity index (χ1v) is 9.22. The molecule has 28 heavy (non-hydrogen) atoms. The third-order valence-electron chi connectivity index (χ3n) is 4.24. The molecule has 7 nitrogen and oxygen atoms in total. The number of fused-ring (bicyclic) bond motifs is 1. The summed E-state index contributed by atoms with van der Waals surface area (Å²) in [5.41, 5.74) is 0.387. The Bertz CT molecular complexity index is 1020. The molecule has 0 saturated heterocycles. The van der Waals surface area contributed by atoms with Gasteiger partial charge in [-0.3, -0.25) is 9.59 Å². The largest absolute Gasteiger partial charge is 0.490 e. The van der Waals surface area contributed by atoms with E-state index in [1.54, 1.807) is 35.2 Å². The summed E-state index contributed by atoms with van der Waals surface area (Å²) in [6, 6.07) is 14.3. The van der Waals surface area contributed by atoms with E-state index >= 15 is 0 Å². The number of aromatic amines is 1. The monoisotopic (exact) mass is 381 g/mol. The molecule has 0 spiro atoms. The van der Waals surface area contributed by atoms with Crippen LogP contribution in [0.4, 0.5) is 0 Å². The van der Waals surface area contributed by atoms with Crippen LogP contribution in [-0.2, 0) is 11.3 Å². The average molecular weight is 381 g/mol. The number of H-pyrrole nitrogens is 1. The van der Waals surface area contributed by atoms with Crippen LogP contribution in [0, 0.1) is 0 Å². The van der Waals surface area contributed by atoms with Crippen LogP contribution in [0.5, 0.6) is 11.5 Å². The van der Waals surface area contributed by atoms with Gasteiger partial charge in [0, 0.05) is 6.54 Å². The topological polar surface area (TPSA) is 84.5 Å². The highest BCUT2D eigenvalue weighted by Crippen LogP contribution is 2.26. The van der Waals surface area contributed by atoms with Crippen LogP contribution in [-0.4, -0.2) is 40.5 Å². The zero-order valence-corrected chi connectivity index (χ0v) is 16.0. The molecule has 146 valence electrons. The molecule has 1 N–H and O–H groups in total. The van der Waals surface area contributed by atoms with E-state index in [0.29, 0.717) is 41.4 Å². The SMILES string of the molecule is CCOc1ccccc1OCC(=O)N(CC)Cc1nc2ccccc2c(=O)[nH]1. The van der Waals surface area contributed by atoms with Crippen molar-refractivity contribution in [1.29, 1.82) is 0 Å². The molecule has 0 radical (unpaired) electrons. The molecular formula is C21H23N3O4. The highest BCUT2D eigenvalue weighted by Gasteiger charge is 2.16. The van der Waals surface area contributed by atoms with Crippen LogP contribution in [0.15, 0.2) is 53.3 Å². The number of ether oxygens (including phenoxy) is 2. The normalized spacial score (nSPS) is 10.6. The second-order valence-corrected chi connectivity index (χ2v) is 6.11.